The Morgan fingerprint density at radius 3 is 2.78 bits per heavy atom. The van der Waals surface area contributed by atoms with Crippen molar-refractivity contribution in [2.45, 2.75) is 13.8 Å². The van der Waals surface area contributed by atoms with Crippen molar-refractivity contribution in [1.29, 1.82) is 0 Å². The van der Waals surface area contributed by atoms with Crippen LogP contribution in [0.4, 0.5) is 5.69 Å². The lowest BCUT2D eigenvalue weighted by Crippen LogP contribution is -2.15. The van der Waals surface area contributed by atoms with Crippen LogP contribution in [0.3, 0.4) is 0 Å². The molecule has 0 spiro atoms. The van der Waals surface area contributed by atoms with E-state index in [2.05, 4.69) is 14.8 Å². The number of aromatic hydroxyl groups is 1. The number of rotatable bonds is 4. The van der Waals surface area contributed by atoms with Gasteiger partial charge in [-0.3, -0.25) is 4.72 Å². The molecule has 0 saturated heterocycles. The summed E-state index contributed by atoms with van der Waals surface area (Å²) >= 11 is 0. The van der Waals surface area contributed by atoms with E-state index in [1.54, 1.807) is 29.6 Å². The van der Waals surface area contributed by atoms with Gasteiger partial charge in [0.25, 0.3) is 0 Å². The fourth-order valence-electron chi connectivity index (χ4n) is 2.43. The van der Waals surface area contributed by atoms with Gasteiger partial charge in [-0.05, 0) is 31.5 Å². The van der Waals surface area contributed by atoms with Gasteiger partial charge in [0.05, 0.1) is 28.8 Å². The lowest BCUT2D eigenvalue weighted by Gasteiger charge is -2.12. The zero-order chi connectivity index (χ0) is 16.6. The van der Waals surface area contributed by atoms with Gasteiger partial charge in [-0.25, -0.2) is 17.9 Å². The van der Waals surface area contributed by atoms with Crippen molar-refractivity contribution in [2.24, 2.45) is 0 Å². The predicted molar refractivity (Wildman–Crippen MR) is 87.9 cm³/mol. The van der Waals surface area contributed by atoms with Crippen molar-refractivity contribution in [2.75, 3.05) is 10.5 Å². The molecule has 8 heteroatoms. The van der Waals surface area contributed by atoms with Gasteiger partial charge in [-0.15, -0.1) is 5.10 Å². The number of hydrogen-bond acceptors (Lipinski definition) is 5. The number of aromatic nitrogens is 3. The molecule has 3 rings (SSSR count). The van der Waals surface area contributed by atoms with Crippen LogP contribution in [0.2, 0.25) is 0 Å². The minimum absolute atomic E-state index is 0.0157. The number of nitrogens with zero attached hydrogens (tertiary/aromatic N) is 3. The van der Waals surface area contributed by atoms with E-state index in [1.807, 2.05) is 19.1 Å². The molecule has 23 heavy (non-hydrogen) atoms. The smallest absolute Gasteiger partial charge is 0.331 e. The topological polar surface area (TPSA) is 96.6 Å². The second-order valence-corrected chi connectivity index (χ2v) is 7.13. The number of anilines is 1. The molecule has 0 unspecified atom stereocenters. The number of sulfonamides is 1. The molecule has 0 aliphatic rings. The number of aryl methyl sites for hydroxylation is 1. The molecular weight excluding hydrogens is 316 g/mol. The molecule has 0 radical (unpaired) electrons. The van der Waals surface area contributed by atoms with Gasteiger partial charge in [-0.1, -0.05) is 18.2 Å². The Morgan fingerprint density at radius 2 is 2.04 bits per heavy atom. The van der Waals surface area contributed by atoms with Crippen LogP contribution in [0.5, 0.6) is 6.01 Å². The van der Waals surface area contributed by atoms with E-state index in [9.17, 15) is 13.5 Å². The summed E-state index contributed by atoms with van der Waals surface area (Å²) < 4.78 is 28.0. The fraction of sp³-hybridized carbons (Fsp3) is 0.200. The average Bonchev–Trinajstić information content (AvgIpc) is 2.83. The highest BCUT2D eigenvalue weighted by Crippen LogP contribution is 2.32. The summed E-state index contributed by atoms with van der Waals surface area (Å²) in [5.41, 5.74) is 3.46. The molecule has 0 saturated carbocycles. The van der Waals surface area contributed by atoms with Crippen LogP contribution < -0.4 is 4.72 Å². The van der Waals surface area contributed by atoms with Crippen molar-refractivity contribution in [3.63, 3.8) is 0 Å². The summed E-state index contributed by atoms with van der Waals surface area (Å²) in [6.07, 6.45) is 1.51. The van der Waals surface area contributed by atoms with Crippen molar-refractivity contribution in [1.82, 2.24) is 14.6 Å². The molecule has 0 amide bonds. The minimum Gasteiger partial charge on any atom is -0.478 e. The van der Waals surface area contributed by atoms with Gasteiger partial charge in [0, 0.05) is 5.56 Å². The lowest BCUT2D eigenvalue weighted by molar-refractivity contribution is 0.419. The number of para-hydroxylation sites is 1. The van der Waals surface area contributed by atoms with E-state index in [0.29, 0.717) is 22.5 Å². The molecule has 7 nitrogen and oxygen atoms in total. The summed E-state index contributed by atoms with van der Waals surface area (Å²) in [6, 6.07) is 8.61. The quantitative estimate of drug-likeness (QED) is 0.763. The van der Waals surface area contributed by atoms with E-state index in [1.165, 1.54) is 6.20 Å². The molecule has 2 heterocycles. The monoisotopic (exact) mass is 332 g/mol. The first-order valence-corrected chi connectivity index (χ1v) is 8.71. The van der Waals surface area contributed by atoms with Crippen LogP contribution in [0, 0.1) is 6.92 Å². The van der Waals surface area contributed by atoms with E-state index in [0.717, 1.165) is 5.56 Å². The zero-order valence-electron chi connectivity index (χ0n) is 12.7. The average molecular weight is 332 g/mol. The maximum Gasteiger partial charge on any atom is 0.331 e. The molecule has 2 N–H and O–H groups in total. The van der Waals surface area contributed by atoms with Gasteiger partial charge < -0.3 is 5.11 Å². The second-order valence-electron chi connectivity index (χ2n) is 5.12. The lowest BCUT2D eigenvalue weighted by atomic mass is 10.1. The zero-order valence-corrected chi connectivity index (χ0v) is 13.5. The van der Waals surface area contributed by atoms with Crippen molar-refractivity contribution >= 4 is 21.2 Å². The number of benzene rings is 1. The maximum absolute atomic E-state index is 11.9. The first kappa shape index (κ1) is 15.3. The third-order valence-electron chi connectivity index (χ3n) is 3.52. The van der Waals surface area contributed by atoms with Crippen LogP contribution >= 0.6 is 0 Å². The molecule has 1 aromatic carbocycles. The van der Waals surface area contributed by atoms with Crippen LogP contribution in [-0.4, -0.2) is 33.9 Å². The van der Waals surface area contributed by atoms with E-state index in [4.69, 9.17) is 0 Å². The predicted octanol–water partition coefficient (Wildman–Crippen LogP) is 2.17. The summed E-state index contributed by atoms with van der Waals surface area (Å²) in [4.78, 5) is 3.76. The van der Waals surface area contributed by atoms with Gasteiger partial charge in [-0.2, -0.15) is 0 Å². The highest BCUT2D eigenvalue weighted by molar-refractivity contribution is 7.92. The molecule has 0 aliphatic carbocycles. The summed E-state index contributed by atoms with van der Waals surface area (Å²) in [5.74, 6) is -0.0157. The molecular formula is C15H16N4O3S. The summed E-state index contributed by atoms with van der Waals surface area (Å²) in [7, 11) is -3.40. The maximum atomic E-state index is 11.9. The van der Waals surface area contributed by atoms with E-state index in [-0.39, 0.29) is 11.8 Å². The van der Waals surface area contributed by atoms with Gasteiger partial charge in [0.2, 0.25) is 10.0 Å². The Balaban J connectivity index is 2.24. The largest absolute Gasteiger partial charge is 0.478 e. The second kappa shape index (κ2) is 5.54. The Bertz CT molecular complexity index is 980. The highest BCUT2D eigenvalue weighted by Gasteiger charge is 2.17. The Morgan fingerprint density at radius 1 is 1.30 bits per heavy atom. The van der Waals surface area contributed by atoms with Gasteiger partial charge in [0.15, 0.2) is 0 Å². The first-order valence-electron chi connectivity index (χ1n) is 7.05. The molecule has 0 atom stereocenters. The van der Waals surface area contributed by atoms with E-state index >= 15 is 0 Å². The van der Waals surface area contributed by atoms with Gasteiger partial charge in [0.1, 0.15) is 0 Å². The van der Waals surface area contributed by atoms with Gasteiger partial charge >= 0.3 is 6.01 Å². The minimum atomic E-state index is -3.40. The van der Waals surface area contributed by atoms with Crippen LogP contribution in [0.25, 0.3) is 16.8 Å². The van der Waals surface area contributed by atoms with Crippen molar-refractivity contribution in [3.8, 4) is 17.3 Å². The summed E-state index contributed by atoms with van der Waals surface area (Å²) in [5, 5.41) is 13.6. The Labute approximate surface area is 133 Å². The van der Waals surface area contributed by atoms with E-state index < -0.39 is 10.0 Å². The fourth-order valence-corrected chi connectivity index (χ4v) is 3.09. The molecule has 120 valence electrons. The molecule has 0 fully saturated rings. The molecule has 2 aromatic heterocycles. The molecule has 0 aliphatic heterocycles. The first-order chi connectivity index (χ1) is 10.9. The SMILES string of the molecule is CCS(=O)(=O)Nc1ccccc1-c1c(C)cc2cnc(O)nn12. The number of hydrogen-bond donors (Lipinski definition) is 2. The third-order valence-corrected chi connectivity index (χ3v) is 4.81. The Hall–Kier alpha value is -2.61. The van der Waals surface area contributed by atoms with Crippen LogP contribution in [0.15, 0.2) is 36.5 Å². The molecule has 3 aromatic rings. The normalized spacial score (nSPS) is 11.7. The number of nitrogens with one attached hydrogen (secondary N) is 1. The van der Waals surface area contributed by atoms with Crippen LogP contribution in [0.1, 0.15) is 12.5 Å². The molecule has 0 bridgehead atoms. The third kappa shape index (κ3) is 2.85. The van der Waals surface area contributed by atoms with Crippen molar-refractivity contribution in [3.05, 3.63) is 42.1 Å². The number of fused-ring (bicyclic) bond motifs is 1. The Kier molecular flexibility index (Phi) is 3.69. The van der Waals surface area contributed by atoms with Crippen LogP contribution in [-0.2, 0) is 10.0 Å². The summed E-state index contributed by atoms with van der Waals surface area (Å²) in [6.45, 7) is 3.47. The van der Waals surface area contributed by atoms with Crippen molar-refractivity contribution < 1.29 is 13.5 Å². The highest BCUT2D eigenvalue weighted by atomic mass is 32.2. The standard InChI is InChI=1S/C15H16N4O3S/c1-3-23(21,22)18-13-7-5-4-6-12(13)14-10(2)8-11-9-16-15(20)17-19(11)14/h4-9,18H,3H2,1-2H3,(H,17,20).